The topological polar surface area (TPSA) is 119 Å². The number of rotatable bonds is 8. The number of hydrogen-bond acceptors (Lipinski definition) is 6. The molecule has 17 heteroatoms. The van der Waals surface area contributed by atoms with Crippen LogP contribution in [0.4, 0.5) is 30.7 Å². The maximum Gasteiger partial charge on any atom is 0.393 e. The summed E-state index contributed by atoms with van der Waals surface area (Å²) in [6.07, 6.45) is -3.26. The van der Waals surface area contributed by atoms with E-state index in [4.69, 9.17) is 0 Å². The highest BCUT2D eigenvalue weighted by molar-refractivity contribution is 5.92. The van der Waals surface area contributed by atoms with E-state index < -0.39 is 78.9 Å². The van der Waals surface area contributed by atoms with Crippen molar-refractivity contribution in [3.05, 3.63) is 41.2 Å². The lowest BCUT2D eigenvalue weighted by molar-refractivity contribution is -0.183. The Morgan fingerprint density at radius 1 is 1.10 bits per heavy atom. The van der Waals surface area contributed by atoms with Crippen LogP contribution in [0.5, 0.6) is 0 Å². The SMILES string of the molecule is CCn1nccc1C(=O)N[C@H](c1cn2nc(C[C@H]3C[C@@H](C(F)(F)F)CNC3=O)c(C3CCCC(F)(F)C3)nc2n1)C1CCC(F)(F)CC1. The third-order valence-electron chi connectivity index (χ3n) is 9.91. The minimum absolute atomic E-state index is 0.00195. The Labute approximate surface area is 271 Å². The first-order chi connectivity index (χ1) is 22.6. The van der Waals surface area contributed by atoms with Crippen molar-refractivity contribution in [1.29, 1.82) is 0 Å². The number of aryl methyl sites for hydroxylation is 1. The van der Waals surface area contributed by atoms with Gasteiger partial charge in [0, 0.05) is 63.2 Å². The maximum absolute atomic E-state index is 14.6. The first kappa shape index (κ1) is 34.1. The average Bonchev–Trinajstić information content (AvgIpc) is 3.66. The number of alkyl halides is 7. The van der Waals surface area contributed by atoms with Gasteiger partial charge in [0.25, 0.3) is 11.7 Å². The van der Waals surface area contributed by atoms with Gasteiger partial charge in [0.05, 0.1) is 35.2 Å². The zero-order chi connectivity index (χ0) is 34.4. The Kier molecular flexibility index (Phi) is 9.17. The normalized spacial score (nSPS) is 25.5. The minimum Gasteiger partial charge on any atom is -0.355 e. The third-order valence-corrected chi connectivity index (χ3v) is 9.91. The van der Waals surface area contributed by atoms with Gasteiger partial charge in [-0.2, -0.15) is 23.4 Å². The summed E-state index contributed by atoms with van der Waals surface area (Å²) < 4.78 is 101. The van der Waals surface area contributed by atoms with Crippen LogP contribution in [0.2, 0.25) is 0 Å². The molecule has 48 heavy (non-hydrogen) atoms. The lowest BCUT2D eigenvalue weighted by Gasteiger charge is -2.33. The first-order valence-corrected chi connectivity index (χ1v) is 16.3. The van der Waals surface area contributed by atoms with Gasteiger partial charge in [-0.25, -0.2) is 32.0 Å². The second-order valence-electron chi connectivity index (χ2n) is 13.3. The first-order valence-electron chi connectivity index (χ1n) is 16.3. The molecular formula is C31H37F7N8O2. The molecule has 262 valence electrons. The number of nitrogens with zero attached hydrogens (tertiary/aromatic N) is 6. The quantitative estimate of drug-likeness (QED) is 0.290. The molecular weight excluding hydrogens is 649 g/mol. The second kappa shape index (κ2) is 12.9. The van der Waals surface area contributed by atoms with E-state index in [0.717, 1.165) is 0 Å². The van der Waals surface area contributed by atoms with E-state index in [0.29, 0.717) is 13.0 Å². The van der Waals surface area contributed by atoms with Crippen LogP contribution in [-0.4, -0.2) is 65.7 Å². The molecule has 4 heterocycles. The smallest absolute Gasteiger partial charge is 0.355 e. The summed E-state index contributed by atoms with van der Waals surface area (Å²) >= 11 is 0. The molecule has 0 bridgehead atoms. The van der Waals surface area contributed by atoms with Crippen LogP contribution >= 0.6 is 0 Å². The summed E-state index contributed by atoms with van der Waals surface area (Å²) in [7, 11) is 0. The van der Waals surface area contributed by atoms with Crippen molar-refractivity contribution < 1.29 is 40.3 Å². The Hall–Kier alpha value is -3.79. The molecule has 1 unspecified atom stereocenters. The highest BCUT2D eigenvalue weighted by atomic mass is 19.4. The van der Waals surface area contributed by atoms with Gasteiger partial charge in [0.2, 0.25) is 17.8 Å². The Morgan fingerprint density at radius 2 is 1.85 bits per heavy atom. The predicted octanol–water partition coefficient (Wildman–Crippen LogP) is 5.79. The molecule has 10 nitrogen and oxygen atoms in total. The van der Waals surface area contributed by atoms with Crippen LogP contribution in [0, 0.1) is 17.8 Å². The molecule has 0 spiro atoms. The lowest BCUT2D eigenvalue weighted by Crippen LogP contribution is -2.47. The summed E-state index contributed by atoms with van der Waals surface area (Å²) in [5.74, 6) is -11.0. The highest BCUT2D eigenvalue weighted by Gasteiger charge is 2.46. The summed E-state index contributed by atoms with van der Waals surface area (Å²) in [6.45, 7) is 1.67. The zero-order valence-corrected chi connectivity index (χ0v) is 26.2. The molecule has 0 aromatic carbocycles. The number of aromatic nitrogens is 6. The van der Waals surface area contributed by atoms with Gasteiger partial charge in [0.1, 0.15) is 5.69 Å². The monoisotopic (exact) mass is 686 g/mol. The van der Waals surface area contributed by atoms with Crippen LogP contribution < -0.4 is 10.6 Å². The molecule has 2 amide bonds. The number of amides is 2. The van der Waals surface area contributed by atoms with Crippen LogP contribution in [0.1, 0.15) is 104 Å². The predicted molar refractivity (Wildman–Crippen MR) is 156 cm³/mol. The molecule has 2 saturated carbocycles. The van der Waals surface area contributed by atoms with Gasteiger partial charge in [-0.3, -0.25) is 14.3 Å². The number of carbonyl (C=O) groups excluding carboxylic acids is 2. The summed E-state index contributed by atoms with van der Waals surface area (Å²) in [6, 6.07) is 0.681. The van der Waals surface area contributed by atoms with Gasteiger partial charge >= 0.3 is 6.18 Å². The summed E-state index contributed by atoms with van der Waals surface area (Å²) in [4.78, 5) is 35.3. The molecule has 2 aliphatic carbocycles. The number of nitrogens with one attached hydrogen (secondary N) is 2. The summed E-state index contributed by atoms with van der Waals surface area (Å²) in [5.41, 5.74) is 0.771. The largest absolute Gasteiger partial charge is 0.393 e. The van der Waals surface area contributed by atoms with E-state index in [1.54, 1.807) is 0 Å². The molecule has 3 fully saturated rings. The molecule has 4 atom stereocenters. The van der Waals surface area contributed by atoms with Gasteiger partial charge in [-0.05, 0) is 51.0 Å². The zero-order valence-electron chi connectivity index (χ0n) is 26.2. The van der Waals surface area contributed by atoms with Crippen molar-refractivity contribution in [3.63, 3.8) is 0 Å². The van der Waals surface area contributed by atoms with Crippen LogP contribution in [0.3, 0.4) is 0 Å². The Bertz CT molecular complexity index is 1640. The van der Waals surface area contributed by atoms with Gasteiger partial charge < -0.3 is 10.6 Å². The van der Waals surface area contributed by atoms with Crippen molar-refractivity contribution in [2.75, 3.05) is 6.54 Å². The Balaban J connectivity index is 1.38. The molecule has 3 aliphatic rings. The van der Waals surface area contributed by atoms with Crippen LogP contribution in [0.15, 0.2) is 18.5 Å². The minimum atomic E-state index is -4.54. The van der Waals surface area contributed by atoms with Crippen molar-refractivity contribution >= 4 is 17.6 Å². The fraction of sp³-hybridized carbons (Fsp3) is 0.677. The second-order valence-corrected chi connectivity index (χ2v) is 13.3. The number of carbonyl (C=O) groups is 2. The van der Waals surface area contributed by atoms with E-state index in [2.05, 4.69) is 30.8 Å². The van der Waals surface area contributed by atoms with Gasteiger partial charge in [-0.1, -0.05) is 0 Å². The fourth-order valence-corrected chi connectivity index (χ4v) is 7.29. The number of fused-ring (bicyclic) bond motifs is 1. The van der Waals surface area contributed by atoms with Gasteiger partial charge in [0.15, 0.2) is 0 Å². The molecule has 1 aliphatic heterocycles. The lowest BCUT2D eigenvalue weighted by atomic mass is 9.81. The van der Waals surface area contributed by atoms with E-state index in [-0.39, 0.29) is 73.5 Å². The van der Waals surface area contributed by atoms with Crippen LogP contribution in [0.25, 0.3) is 5.78 Å². The molecule has 6 rings (SSSR count). The van der Waals surface area contributed by atoms with Crippen LogP contribution in [-0.2, 0) is 17.8 Å². The van der Waals surface area contributed by atoms with Gasteiger partial charge in [-0.15, -0.1) is 0 Å². The number of piperidine rings is 1. The molecule has 0 radical (unpaired) electrons. The van der Waals surface area contributed by atoms with E-state index in [9.17, 15) is 40.3 Å². The molecule has 3 aromatic heterocycles. The standard InChI is InChI=1S/C31H37F7N8O2/c1-2-45-23(7-11-40-45)27(48)42-24(17-5-9-29(32,33)10-6-17)22-16-46-28(41-22)43-25(18-4-3-8-30(34,35)14-18)21(44-46)13-19-12-20(31(36,37)38)15-39-26(19)47/h7,11,16-20,24H,2-6,8-10,12-15H2,1H3,(H,39,47)(H,42,48)/t18?,19-,20-,24+/m1/s1. The average molecular weight is 687 g/mol. The molecule has 3 aromatic rings. The van der Waals surface area contributed by atoms with E-state index >= 15 is 0 Å². The number of imidazole rings is 1. The fourth-order valence-electron chi connectivity index (χ4n) is 7.29. The van der Waals surface area contributed by atoms with Crippen molar-refractivity contribution in [1.82, 2.24) is 40.0 Å². The van der Waals surface area contributed by atoms with Crippen molar-refractivity contribution in [3.8, 4) is 0 Å². The van der Waals surface area contributed by atoms with Crippen molar-refractivity contribution in [2.45, 2.75) is 108 Å². The number of hydrogen-bond donors (Lipinski definition) is 2. The molecule has 2 N–H and O–H groups in total. The maximum atomic E-state index is 14.6. The third kappa shape index (κ3) is 7.28. The molecule has 1 saturated heterocycles. The number of halogens is 7. The van der Waals surface area contributed by atoms with E-state index in [1.165, 1.54) is 27.7 Å². The Morgan fingerprint density at radius 3 is 2.54 bits per heavy atom. The van der Waals surface area contributed by atoms with E-state index in [1.807, 2.05) is 6.92 Å². The van der Waals surface area contributed by atoms with Crippen molar-refractivity contribution in [2.24, 2.45) is 17.8 Å². The highest BCUT2D eigenvalue weighted by Crippen LogP contribution is 2.44. The summed E-state index contributed by atoms with van der Waals surface area (Å²) in [5, 5.41) is 13.9.